The lowest BCUT2D eigenvalue weighted by molar-refractivity contribution is -0.155. The van der Waals surface area contributed by atoms with Gasteiger partial charge in [0.2, 0.25) is 5.76 Å². The Morgan fingerprint density at radius 3 is 2.62 bits per heavy atom. The normalized spacial score (nSPS) is 20.8. The number of carboxylic acids is 1. The number of sulfonamides is 1. The third kappa shape index (κ3) is 6.30. The van der Waals surface area contributed by atoms with Crippen LogP contribution in [0.5, 0.6) is 0 Å². The summed E-state index contributed by atoms with van der Waals surface area (Å²) in [4.78, 5) is 26.2. The number of amides is 1. The van der Waals surface area contributed by atoms with Crippen molar-refractivity contribution >= 4 is 33.4 Å². The van der Waals surface area contributed by atoms with Gasteiger partial charge >= 0.3 is 18.2 Å². The Labute approximate surface area is 242 Å². The number of carboxylic acid groups (broad SMARTS) is 1. The summed E-state index contributed by atoms with van der Waals surface area (Å²) in [5, 5.41) is 13.4. The summed E-state index contributed by atoms with van der Waals surface area (Å²) < 4.78 is 81.9. The lowest BCUT2D eigenvalue weighted by Crippen LogP contribution is -2.44. The maximum absolute atomic E-state index is 13.2. The summed E-state index contributed by atoms with van der Waals surface area (Å²) in [5.74, 6) is -3.34. The number of carbonyl (C=O) groups excluding carboxylic acids is 1. The number of carbonyl (C=O) groups is 2. The number of hydrogen-bond donors (Lipinski definition) is 2. The van der Waals surface area contributed by atoms with E-state index in [-0.39, 0.29) is 27.8 Å². The molecule has 1 saturated carbocycles. The van der Waals surface area contributed by atoms with Crippen molar-refractivity contribution in [2.24, 2.45) is 0 Å². The molecular weight excluding hydrogens is 603 g/mol. The molecule has 2 N–H and O–H groups in total. The fourth-order valence-corrected chi connectivity index (χ4v) is 7.47. The summed E-state index contributed by atoms with van der Waals surface area (Å²) in [7, 11) is -4.37. The molecule has 2 aromatic heterocycles. The Hall–Kier alpha value is -3.47. The SMILES string of the molecule is O=C(OCCCc1ccccc1C1CC1(NS(=O)(=O)c1ccc(-c2cc(C(F)(F)F)on2)s1)C(=O)O)N1CCOCC1. The highest BCUT2D eigenvalue weighted by Gasteiger charge is 2.63. The fourth-order valence-electron chi connectivity index (χ4n) is 4.81. The van der Waals surface area contributed by atoms with Crippen LogP contribution in [0.4, 0.5) is 18.0 Å². The number of ether oxygens (including phenoxy) is 2. The predicted molar refractivity (Wildman–Crippen MR) is 141 cm³/mol. The predicted octanol–water partition coefficient (Wildman–Crippen LogP) is 4.11. The Morgan fingerprint density at radius 1 is 1.19 bits per heavy atom. The van der Waals surface area contributed by atoms with Gasteiger partial charge in [0, 0.05) is 25.1 Å². The average Bonchev–Trinajstić information content (AvgIpc) is 3.29. The van der Waals surface area contributed by atoms with E-state index in [9.17, 15) is 36.3 Å². The molecule has 2 atom stereocenters. The molecule has 2 fully saturated rings. The van der Waals surface area contributed by atoms with Gasteiger partial charge < -0.3 is 24.0 Å². The minimum absolute atomic E-state index is 0.00105. The number of benzene rings is 1. The zero-order valence-electron chi connectivity index (χ0n) is 21.9. The van der Waals surface area contributed by atoms with Crippen LogP contribution < -0.4 is 4.72 Å². The zero-order valence-corrected chi connectivity index (χ0v) is 23.6. The van der Waals surface area contributed by atoms with Gasteiger partial charge in [-0.05, 0) is 42.5 Å². The lowest BCUT2D eigenvalue weighted by atomic mass is 9.97. The first-order chi connectivity index (χ1) is 19.9. The molecule has 42 heavy (non-hydrogen) atoms. The summed E-state index contributed by atoms with van der Waals surface area (Å²) >= 11 is 0.638. The molecule has 1 saturated heterocycles. The Balaban J connectivity index is 1.25. The minimum Gasteiger partial charge on any atom is -0.480 e. The molecule has 0 radical (unpaired) electrons. The molecule has 1 aliphatic carbocycles. The van der Waals surface area contributed by atoms with Crippen molar-refractivity contribution < 1.29 is 50.3 Å². The van der Waals surface area contributed by atoms with Crippen LogP contribution >= 0.6 is 11.3 Å². The number of aliphatic carboxylic acids is 1. The highest BCUT2D eigenvalue weighted by molar-refractivity contribution is 7.91. The van der Waals surface area contributed by atoms with E-state index in [0.29, 0.717) is 62.1 Å². The van der Waals surface area contributed by atoms with Crippen LogP contribution in [0, 0.1) is 0 Å². The first-order valence-electron chi connectivity index (χ1n) is 12.9. The number of alkyl halides is 3. The van der Waals surface area contributed by atoms with Crippen LogP contribution in [0.3, 0.4) is 0 Å². The maximum atomic E-state index is 13.2. The van der Waals surface area contributed by atoms with Gasteiger partial charge in [0.15, 0.2) is 0 Å². The number of morpholine rings is 1. The number of rotatable bonds is 10. The monoisotopic (exact) mass is 629 g/mol. The molecule has 2 aliphatic rings. The Bertz CT molecular complexity index is 1570. The van der Waals surface area contributed by atoms with Crippen molar-refractivity contribution in [3.8, 4) is 10.6 Å². The van der Waals surface area contributed by atoms with E-state index in [4.69, 9.17) is 9.47 Å². The molecular formula is C26H26F3N3O8S2. The van der Waals surface area contributed by atoms with Gasteiger partial charge in [-0.25, -0.2) is 13.2 Å². The van der Waals surface area contributed by atoms with Crippen molar-refractivity contribution in [2.45, 2.75) is 41.1 Å². The molecule has 5 rings (SSSR count). The van der Waals surface area contributed by atoms with Gasteiger partial charge in [-0.1, -0.05) is 29.4 Å². The Morgan fingerprint density at radius 2 is 1.93 bits per heavy atom. The van der Waals surface area contributed by atoms with E-state index >= 15 is 0 Å². The number of hydrogen-bond acceptors (Lipinski definition) is 9. The van der Waals surface area contributed by atoms with E-state index in [1.54, 1.807) is 23.1 Å². The van der Waals surface area contributed by atoms with Gasteiger partial charge in [-0.2, -0.15) is 17.9 Å². The van der Waals surface area contributed by atoms with Gasteiger partial charge in [0.25, 0.3) is 10.0 Å². The molecule has 0 spiro atoms. The second-order valence-corrected chi connectivity index (χ2v) is 12.8. The summed E-state index contributed by atoms with van der Waals surface area (Å²) in [6, 6.07) is 10.2. The maximum Gasteiger partial charge on any atom is 0.452 e. The molecule has 2 unspecified atom stereocenters. The highest BCUT2D eigenvalue weighted by atomic mass is 32.2. The van der Waals surface area contributed by atoms with Crippen molar-refractivity contribution in [2.75, 3.05) is 32.9 Å². The van der Waals surface area contributed by atoms with E-state index < -0.39 is 45.5 Å². The lowest BCUT2D eigenvalue weighted by Gasteiger charge is -2.25. The first kappa shape index (κ1) is 30.0. The smallest absolute Gasteiger partial charge is 0.452 e. The molecule has 11 nitrogen and oxygen atoms in total. The van der Waals surface area contributed by atoms with Crippen LogP contribution in [-0.4, -0.2) is 74.1 Å². The summed E-state index contributed by atoms with van der Waals surface area (Å²) in [6.45, 7) is 1.99. The number of thiophene rings is 1. The van der Waals surface area contributed by atoms with Crippen molar-refractivity contribution in [1.29, 1.82) is 0 Å². The number of aromatic nitrogens is 1. The highest BCUT2D eigenvalue weighted by Crippen LogP contribution is 2.53. The molecule has 3 heterocycles. The van der Waals surface area contributed by atoms with Crippen LogP contribution in [-0.2, 0) is 36.9 Å². The quantitative estimate of drug-likeness (QED) is 0.316. The van der Waals surface area contributed by atoms with E-state index in [2.05, 4.69) is 14.4 Å². The second kappa shape index (κ2) is 11.7. The first-order valence-corrected chi connectivity index (χ1v) is 15.2. The van der Waals surface area contributed by atoms with Crippen molar-refractivity contribution in [3.05, 3.63) is 59.4 Å². The van der Waals surface area contributed by atoms with Gasteiger partial charge in [-0.3, -0.25) is 4.79 Å². The number of halogens is 3. The molecule has 3 aromatic rings. The number of nitrogens with zero attached hydrogens (tertiary/aromatic N) is 2. The molecule has 1 aliphatic heterocycles. The standard InChI is InChI=1S/C26H26F3N3O8S2/c27-26(28,29)21-14-19(30-40-21)20-7-8-22(41-20)42(36,37)31-25(23(33)34)15-18(25)17-6-2-1-4-16(17)5-3-11-39-24(35)32-9-12-38-13-10-32/h1-2,4,6-8,14,18,31H,3,5,9-13,15H2,(H,33,34). The van der Waals surface area contributed by atoms with Gasteiger partial charge in [0.1, 0.15) is 15.4 Å². The van der Waals surface area contributed by atoms with Gasteiger partial charge in [0.05, 0.1) is 24.7 Å². The number of nitrogens with one attached hydrogen (secondary N) is 1. The number of aryl methyl sites for hydroxylation is 1. The molecule has 1 amide bonds. The average molecular weight is 630 g/mol. The van der Waals surface area contributed by atoms with E-state index in [1.165, 1.54) is 12.1 Å². The third-order valence-electron chi connectivity index (χ3n) is 7.06. The van der Waals surface area contributed by atoms with Crippen LogP contribution in [0.25, 0.3) is 10.6 Å². The van der Waals surface area contributed by atoms with Gasteiger partial charge in [-0.15, -0.1) is 11.3 Å². The molecule has 0 bridgehead atoms. The molecule has 1 aromatic carbocycles. The minimum atomic E-state index is -4.75. The fraction of sp³-hybridized carbons (Fsp3) is 0.423. The topological polar surface area (TPSA) is 148 Å². The van der Waals surface area contributed by atoms with Crippen molar-refractivity contribution in [1.82, 2.24) is 14.8 Å². The van der Waals surface area contributed by atoms with Crippen LogP contribution in [0.2, 0.25) is 0 Å². The van der Waals surface area contributed by atoms with Crippen molar-refractivity contribution in [3.63, 3.8) is 0 Å². The van der Waals surface area contributed by atoms with E-state index in [1.807, 2.05) is 6.07 Å². The third-order valence-corrected chi connectivity index (χ3v) is 10.2. The zero-order chi connectivity index (χ0) is 30.1. The summed E-state index contributed by atoms with van der Waals surface area (Å²) in [5.41, 5.74) is -0.539. The largest absolute Gasteiger partial charge is 0.480 e. The second-order valence-electron chi connectivity index (χ2n) is 9.85. The van der Waals surface area contributed by atoms with Crippen LogP contribution in [0.15, 0.2) is 51.2 Å². The van der Waals surface area contributed by atoms with Crippen LogP contribution in [0.1, 0.15) is 35.6 Å². The Kier molecular flexibility index (Phi) is 8.33. The summed E-state index contributed by atoms with van der Waals surface area (Å²) in [6.07, 6.45) is -4.23. The van der Waals surface area contributed by atoms with E-state index in [0.717, 1.165) is 5.56 Å². The molecule has 16 heteroatoms. The molecule has 226 valence electrons.